The summed E-state index contributed by atoms with van der Waals surface area (Å²) in [6.45, 7) is 1.20. The van der Waals surface area contributed by atoms with Crippen molar-refractivity contribution in [1.29, 1.82) is 0 Å². The fourth-order valence-electron chi connectivity index (χ4n) is 1.21. The molecule has 98 valence electrons. The Balaban J connectivity index is 4.12. The number of nitrogens with one attached hydrogen (secondary N) is 1. The predicted octanol–water partition coefficient (Wildman–Crippen LogP) is 0.357. The Bertz CT molecular complexity index is 264. The number of amides is 2. The molecule has 0 fully saturated rings. The van der Waals surface area contributed by atoms with E-state index in [0.717, 1.165) is 24.2 Å². The van der Waals surface area contributed by atoms with E-state index in [1.807, 2.05) is 6.92 Å². The van der Waals surface area contributed by atoms with Gasteiger partial charge in [0, 0.05) is 6.54 Å². The van der Waals surface area contributed by atoms with Crippen molar-refractivity contribution in [2.24, 2.45) is 0 Å². The lowest BCUT2D eigenvalue weighted by atomic mass is 10.2. The fourth-order valence-corrected chi connectivity index (χ4v) is 1.21. The molecule has 0 aromatic carbocycles. The highest BCUT2D eigenvalue weighted by atomic mass is 16.4. The highest BCUT2D eigenvalue weighted by molar-refractivity contribution is 5.84. The number of carboxylic acids is 2. The Hall–Kier alpha value is -1.79. The van der Waals surface area contributed by atoms with E-state index in [9.17, 15) is 14.4 Å². The largest absolute Gasteiger partial charge is 0.480 e. The summed E-state index contributed by atoms with van der Waals surface area (Å²) in [7, 11) is 0. The Morgan fingerprint density at radius 3 is 2.00 bits per heavy atom. The molecule has 0 aliphatic rings. The molecule has 0 radical (unpaired) electrons. The molecule has 7 heteroatoms. The number of unbranched alkanes of at least 4 members (excludes halogenated alkanes) is 2. The number of carbonyl (C=O) groups is 3. The van der Waals surface area contributed by atoms with E-state index in [1.54, 1.807) is 0 Å². The van der Waals surface area contributed by atoms with Crippen LogP contribution in [0.25, 0.3) is 0 Å². The van der Waals surface area contributed by atoms with Crippen LogP contribution in [-0.2, 0) is 9.59 Å². The van der Waals surface area contributed by atoms with Gasteiger partial charge in [-0.25, -0.2) is 4.79 Å². The summed E-state index contributed by atoms with van der Waals surface area (Å²) in [5.41, 5.74) is 0. The second-order valence-corrected chi connectivity index (χ2v) is 3.58. The molecule has 0 unspecified atom stereocenters. The van der Waals surface area contributed by atoms with E-state index in [4.69, 9.17) is 10.2 Å². The molecule has 0 spiro atoms. The molecular formula is C10H18N2O5. The highest BCUT2D eigenvalue weighted by Crippen LogP contribution is 1.94. The van der Waals surface area contributed by atoms with Gasteiger partial charge < -0.3 is 20.4 Å². The second kappa shape index (κ2) is 8.37. The molecular weight excluding hydrogens is 228 g/mol. The quantitative estimate of drug-likeness (QED) is 0.536. The van der Waals surface area contributed by atoms with Crippen molar-refractivity contribution in [2.75, 3.05) is 19.6 Å². The van der Waals surface area contributed by atoms with Crippen molar-refractivity contribution in [1.82, 2.24) is 10.2 Å². The van der Waals surface area contributed by atoms with Gasteiger partial charge in [0.25, 0.3) is 0 Å². The zero-order chi connectivity index (χ0) is 13.3. The molecule has 0 rings (SSSR count). The lowest BCUT2D eigenvalue weighted by molar-refractivity contribution is -0.140. The first-order valence-electron chi connectivity index (χ1n) is 5.43. The summed E-state index contributed by atoms with van der Waals surface area (Å²) in [5, 5.41) is 19.6. The first-order valence-corrected chi connectivity index (χ1v) is 5.43. The van der Waals surface area contributed by atoms with Gasteiger partial charge in [-0.2, -0.15) is 0 Å². The number of carbonyl (C=O) groups excluding carboxylic acids is 1. The van der Waals surface area contributed by atoms with E-state index >= 15 is 0 Å². The van der Waals surface area contributed by atoms with Crippen molar-refractivity contribution in [2.45, 2.75) is 26.2 Å². The van der Waals surface area contributed by atoms with Crippen LogP contribution in [0.2, 0.25) is 0 Å². The molecule has 17 heavy (non-hydrogen) atoms. The number of aliphatic carboxylic acids is 2. The lowest BCUT2D eigenvalue weighted by Crippen LogP contribution is -2.45. The normalized spacial score (nSPS) is 9.71. The summed E-state index contributed by atoms with van der Waals surface area (Å²) in [6, 6.07) is -0.661. The van der Waals surface area contributed by atoms with Crippen LogP contribution in [0.3, 0.4) is 0 Å². The van der Waals surface area contributed by atoms with Crippen LogP contribution in [0.5, 0.6) is 0 Å². The molecule has 0 saturated heterocycles. The molecule has 3 N–H and O–H groups in total. The van der Waals surface area contributed by atoms with Gasteiger partial charge in [-0.3, -0.25) is 9.59 Å². The van der Waals surface area contributed by atoms with Gasteiger partial charge in [-0.15, -0.1) is 0 Å². The standard InChI is InChI=1S/C10H18N2O5/c1-2-3-4-5-11-10(17)12(6-8(13)14)7-9(15)16/h2-7H2,1H3,(H,11,17)(H,13,14)(H,15,16). The van der Waals surface area contributed by atoms with Gasteiger partial charge >= 0.3 is 18.0 Å². The number of nitrogens with zero attached hydrogens (tertiary/aromatic N) is 1. The number of rotatable bonds is 8. The van der Waals surface area contributed by atoms with Gasteiger partial charge in [0.05, 0.1) is 0 Å². The van der Waals surface area contributed by atoms with Crippen molar-refractivity contribution >= 4 is 18.0 Å². The van der Waals surface area contributed by atoms with Gasteiger partial charge in [0.15, 0.2) is 0 Å². The van der Waals surface area contributed by atoms with Crippen molar-refractivity contribution in [3.8, 4) is 0 Å². The molecule has 0 saturated carbocycles. The van der Waals surface area contributed by atoms with Crippen molar-refractivity contribution < 1.29 is 24.6 Å². The first-order chi connectivity index (χ1) is 7.97. The van der Waals surface area contributed by atoms with Crippen LogP contribution in [0.4, 0.5) is 4.79 Å². The topological polar surface area (TPSA) is 107 Å². The van der Waals surface area contributed by atoms with E-state index < -0.39 is 31.1 Å². The van der Waals surface area contributed by atoms with Crippen LogP contribution in [-0.4, -0.2) is 52.7 Å². The van der Waals surface area contributed by atoms with Crippen molar-refractivity contribution in [3.63, 3.8) is 0 Å². The van der Waals surface area contributed by atoms with Gasteiger partial charge in [0.1, 0.15) is 13.1 Å². The number of urea groups is 1. The fraction of sp³-hybridized carbons (Fsp3) is 0.700. The first kappa shape index (κ1) is 15.2. The SMILES string of the molecule is CCCCCNC(=O)N(CC(=O)O)CC(=O)O. The maximum absolute atomic E-state index is 11.5. The number of hydrogen-bond acceptors (Lipinski definition) is 3. The molecule has 0 aromatic rings. The van der Waals surface area contributed by atoms with Crippen LogP contribution in [0.1, 0.15) is 26.2 Å². The molecule has 0 aliphatic carbocycles. The smallest absolute Gasteiger partial charge is 0.323 e. The van der Waals surface area contributed by atoms with Crippen LogP contribution in [0, 0.1) is 0 Å². The predicted molar refractivity (Wildman–Crippen MR) is 59.8 cm³/mol. The average molecular weight is 246 g/mol. The third-order valence-electron chi connectivity index (χ3n) is 2.00. The van der Waals surface area contributed by atoms with E-state index in [1.165, 1.54) is 0 Å². The summed E-state index contributed by atoms with van der Waals surface area (Å²) in [4.78, 5) is 33.1. The number of hydrogen-bond donors (Lipinski definition) is 3. The Labute approximate surface area is 99.4 Å². The van der Waals surface area contributed by atoms with Crippen molar-refractivity contribution in [3.05, 3.63) is 0 Å². The minimum absolute atomic E-state index is 0.419. The summed E-state index contributed by atoms with van der Waals surface area (Å²) in [5.74, 6) is -2.48. The van der Waals surface area contributed by atoms with E-state index in [2.05, 4.69) is 5.32 Å². The Morgan fingerprint density at radius 1 is 1.06 bits per heavy atom. The Morgan fingerprint density at radius 2 is 1.59 bits per heavy atom. The zero-order valence-corrected chi connectivity index (χ0v) is 9.81. The minimum Gasteiger partial charge on any atom is -0.480 e. The maximum Gasteiger partial charge on any atom is 0.323 e. The highest BCUT2D eigenvalue weighted by Gasteiger charge is 2.18. The van der Waals surface area contributed by atoms with Crippen LogP contribution in [0.15, 0.2) is 0 Å². The third-order valence-corrected chi connectivity index (χ3v) is 2.00. The molecule has 7 nitrogen and oxygen atoms in total. The summed E-state index contributed by atoms with van der Waals surface area (Å²) >= 11 is 0. The van der Waals surface area contributed by atoms with Crippen LogP contribution < -0.4 is 5.32 Å². The maximum atomic E-state index is 11.5. The van der Waals surface area contributed by atoms with Gasteiger partial charge in [-0.1, -0.05) is 19.8 Å². The molecule has 0 bridgehead atoms. The second-order valence-electron chi connectivity index (χ2n) is 3.58. The zero-order valence-electron chi connectivity index (χ0n) is 9.81. The molecule has 0 heterocycles. The molecule has 0 aromatic heterocycles. The van der Waals surface area contributed by atoms with Gasteiger partial charge in [-0.05, 0) is 6.42 Å². The summed E-state index contributed by atoms with van der Waals surface area (Å²) < 4.78 is 0. The molecule has 0 atom stereocenters. The molecule has 2 amide bonds. The Kier molecular flexibility index (Phi) is 7.49. The monoisotopic (exact) mass is 246 g/mol. The van der Waals surface area contributed by atoms with E-state index in [0.29, 0.717) is 6.54 Å². The minimum atomic E-state index is -1.24. The molecule has 0 aliphatic heterocycles. The third kappa shape index (κ3) is 8.06. The summed E-state index contributed by atoms with van der Waals surface area (Å²) in [6.07, 6.45) is 2.75. The van der Waals surface area contributed by atoms with Crippen LogP contribution >= 0.6 is 0 Å². The lowest BCUT2D eigenvalue weighted by Gasteiger charge is -2.18. The van der Waals surface area contributed by atoms with Gasteiger partial charge in [0.2, 0.25) is 0 Å². The average Bonchev–Trinajstić information content (AvgIpc) is 2.22. The number of carboxylic acid groups (broad SMARTS) is 2. The van der Waals surface area contributed by atoms with E-state index in [-0.39, 0.29) is 0 Å².